The van der Waals surface area contributed by atoms with Crippen molar-refractivity contribution in [1.29, 1.82) is 0 Å². The van der Waals surface area contributed by atoms with Gasteiger partial charge in [-0.3, -0.25) is 0 Å². The Kier molecular flexibility index (Phi) is 7.63. The molecule has 0 spiro atoms. The number of ether oxygens (including phenoxy) is 1. The summed E-state index contributed by atoms with van der Waals surface area (Å²) >= 11 is 7.45. The molecule has 3 nitrogen and oxygen atoms in total. The van der Waals surface area contributed by atoms with Crippen molar-refractivity contribution in [2.45, 2.75) is 12.8 Å². The van der Waals surface area contributed by atoms with Crippen LogP contribution in [0.15, 0.2) is 22.8 Å². The third kappa shape index (κ3) is 6.35. The van der Waals surface area contributed by atoms with E-state index in [0.717, 1.165) is 42.8 Å². The Balaban J connectivity index is 2.01. The number of unbranched alkanes of at least 4 members (excludes halogenated alkanes) is 1. The molecule has 1 aromatic heterocycles. The fourth-order valence-corrected chi connectivity index (χ4v) is 1.57. The molecule has 0 saturated heterocycles. The largest absolute Gasteiger partial charge is 0.478 e. The fourth-order valence-electron chi connectivity index (χ4n) is 1.18. The number of thiol groups is 1. The molecule has 0 unspecified atom stereocenters. The van der Waals surface area contributed by atoms with E-state index in [1.165, 1.54) is 0 Å². The van der Waals surface area contributed by atoms with Crippen molar-refractivity contribution in [2.24, 2.45) is 0 Å². The van der Waals surface area contributed by atoms with Crippen LogP contribution in [0.5, 0.6) is 5.88 Å². The van der Waals surface area contributed by atoms with Gasteiger partial charge in [0.2, 0.25) is 5.88 Å². The molecule has 0 aliphatic rings. The minimum Gasteiger partial charge on any atom is -0.478 e. The average Bonchev–Trinajstić information content (AvgIpc) is 2.30. The normalized spacial score (nSPS) is 10.4. The van der Waals surface area contributed by atoms with E-state index in [4.69, 9.17) is 4.74 Å². The van der Waals surface area contributed by atoms with Crippen LogP contribution < -0.4 is 10.1 Å². The molecule has 5 heteroatoms. The lowest BCUT2D eigenvalue weighted by atomic mass is 10.3. The van der Waals surface area contributed by atoms with Gasteiger partial charge in [0, 0.05) is 29.0 Å². The first-order valence-corrected chi connectivity index (χ1v) is 6.81. The number of aromatic nitrogens is 1. The number of nitrogens with zero attached hydrogens (tertiary/aromatic N) is 1. The number of pyridine rings is 1. The summed E-state index contributed by atoms with van der Waals surface area (Å²) in [4.78, 5) is 4.13. The molecule has 0 saturated carbocycles. The van der Waals surface area contributed by atoms with Crippen LogP contribution >= 0.6 is 28.6 Å². The monoisotopic (exact) mass is 304 g/mol. The summed E-state index contributed by atoms with van der Waals surface area (Å²) in [6.45, 7) is 2.72. The van der Waals surface area contributed by atoms with E-state index in [2.05, 4.69) is 38.9 Å². The van der Waals surface area contributed by atoms with E-state index in [0.29, 0.717) is 5.88 Å². The summed E-state index contributed by atoms with van der Waals surface area (Å²) in [6.07, 6.45) is 3.89. The molecular weight excluding hydrogens is 288 g/mol. The first kappa shape index (κ1) is 13.8. The van der Waals surface area contributed by atoms with Crippen LogP contribution in [0.3, 0.4) is 0 Å². The van der Waals surface area contributed by atoms with Crippen molar-refractivity contribution in [2.75, 3.05) is 25.4 Å². The van der Waals surface area contributed by atoms with Gasteiger partial charge in [-0.2, -0.15) is 12.6 Å². The minimum atomic E-state index is 0.687. The second kappa shape index (κ2) is 8.84. The lowest BCUT2D eigenvalue weighted by molar-refractivity contribution is 0.294. The van der Waals surface area contributed by atoms with E-state index in [9.17, 15) is 0 Å². The van der Waals surface area contributed by atoms with Gasteiger partial charge in [0.1, 0.15) is 0 Å². The quantitative estimate of drug-likeness (QED) is 0.572. The highest BCUT2D eigenvalue weighted by atomic mass is 79.9. The molecule has 0 atom stereocenters. The van der Waals surface area contributed by atoms with Crippen molar-refractivity contribution in [3.8, 4) is 5.88 Å². The molecule has 0 bridgehead atoms. The van der Waals surface area contributed by atoms with Gasteiger partial charge in [-0.05, 0) is 41.4 Å². The van der Waals surface area contributed by atoms with Gasteiger partial charge in [-0.25, -0.2) is 4.98 Å². The highest BCUT2D eigenvalue weighted by Gasteiger charge is 1.95. The molecule has 16 heavy (non-hydrogen) atoms. The Hall–Kier alpha value is -0.260. The summed E-state index contributed by atoms with van der Waals surface area (Å²) in [5.41, 5.74) is 0. The molecule has 90 valence electrons. The van der Waals surface area contributed by atoms with E-state index in [1.54, 1.807) is 6.20 Å². The van der Waals surface area contributed by atoms with Crippen molar-refractivity contribution < 1.29 is 4.74 Å². The van der Waals surface area contributed by atoms with Crippen molar-refractivity contribution in [3.05, 3.63) is 22.8 Å². The SMILES string of the molecule is SCCNCCCCOc1ccc(Br)cn1. The second-order valence-electron chi connectivity index (χ2n) is 3.34. The zero-order valence-corrected chi connectivity index (χ0v) is 11.6. The minimum absolute atomic E-state index is 0.687. The molecular formula is C11H17BrN2OS. The van der Waals surface area contributed by atoms with Crippen LogP contribution in [-0.4, -0.2) is 30.4 Å². The lowest BCUT2D eigenvalue weighted by Crippen LogP contribution is -2.18. The van der Waals surface area contributed by atoms with E-state index in [-0.39, 0.29) is 0 Å². The van der Waals surface area contributed by atoms with Crippen LogP contribution in [-0.2, 0) is 0 Å². The average molecular weight is 305 g/mol. The number of nitrogens with one attached hydrogen (secondary N) is 1. The number of rotatable bonds is 8. The Labute approximate surface area is 111 Å². The third-order valence-corrected chi connectivity index (χ3v) is 2.68. The molecule has 0 fully saturated rings. The maximum atomic E-state index is 5.49. The molecule has 1 rings (SSSR count). The summed E-state index contributed by atoms with van der Waals surface area (Å²) < 4.78 is 6.46. The maximum Gasteiger partial charge on any atom is 0.213 e. The number of halogens is 1. The highest BCUT2D eigenvalue weighted by molar-refractivity contribution is 9.10. The predicted octanol–water partition coefficient (Wildman–Crippen LogP) is 2.52. The molecule has 1 heterocycles. The highest BCUT2D eigenvalue weighted by Crippen LogP contribution is 2.12. The lowest BCUT2D eigenvalue weighted by Gasteiger charge is -2.05. The Morgan fingerprint density at radius 1 is 1.31 bits per heavy atom. The van der Waals surface area contributed by atoms with Gasteiger partial charge in [-0.1, -0.05) is 0 Å². The van der Waals surface area contributed by atoms with Gasteiger partial charge in [0.05, 0.1) is 6.61 Å². The first-order chi connectivity index (χ1) is 7.83. The summed E-state index contributed by atoms with van der Waals surface area (Å²) in [5.74, 6) is 1.57. The van der Waals surface area contributed by atoms with Gasteiger partial charge < -0.3 is 10.1 Å². The molecule has 1 aromatic rings. The second-order valence-corrected chi connectivity index (χ2v) is 4.71. The summed E-state index contributed by atoms with van der Waals surface area (Å²) in [6, 6.07) is 3.79. The molecule has 0 aromatic carbocycles. The van der Waals surface area contributed by atoms with E-state index >= 15 is 0 Å². The Morgan fingerprint density at radius 3 is 2.88 bits per heavy atom. The molecule has 1 N–H and O–H groups in total. The maximum absolute atomic E-state index is 5.49. The Bertz CT molecular complexity index is 282. The van der Waals surface area contributed by atoms with E-state index < -0.39 is 0 Å². The van der Waals surface area contributed by atoms with Gasteiger partial charge in [0.25, 0.3) is 0 Å². The van der Waals surface area contributed by atoms with Crippen LogP contribution in [0, 0.1) is 0 Å². The number of hydrogen-bond donors (Lipinski definition) is 2. The third-order valence-electron chi connectivity index (χ3n) is 1.99. The first-order valence-electron chi connectivity index (χ1n) is 5.39. The zero-order valence-electron chi connectivity index (χ0n) is 9.16. The molecule has 0 radical (unpaired) electrons. The van der Waals surface area contributed by atoms with Gasteiger partial charge in [-0.15, -0.1) is 0 Å². The van der Waals surface area contributed by atoms with Gasteiger partial charge in [0.15, 0.2) is 0 Å². The predicted molar refractivity (Wildman–Crippen MR) is 73.4 cm³/mol. The van der Waals surface area contributed by atoms with Crippen molar-refractivity contribution in [1.82, 2.24) is 10.3 Å². The Morgan fingerprint density at radius 2 is 2.19 bits per heavy atom. The van der Waals surface area contributed by atoms with Crippen LogP contribution in [0.25, 0.3) is 0 Å². The van der Waals surface area contributed by atoms with Crippen LogP contribution in [0.2, 0.25) is 0 Å². The molecule has 0 aliphatic carbocycles. The van der Waals surface area contributed by atoms with Crippen LogP contribution in [0.4, 0.5) is 0 Å². The smallest absolute Gasteiger partial charge is 0.213 e. The summed E-state index contributed by atoms with van der Waals surface area (Å²) in [5, 5.41) is 3.29. The van der Waals surface area contributed by atoms with Crippen LogP contribution in [0.1, 0.15) is 12.8 Å². The van der Waals surface area contributed by atoms with Gasteiger partial charge >= 0.3 is 0 Å². The molecule has 0 aliphatic heterocycles. The molecule has 0 amide bonds. The number of hydrogen-bond acceptors (Lipinski definition) is 4. The van der Waals surface area contributed by atoms with E-state index in [1.807, 2.05) is 12.1 Å². The summed E-state index contributed by atoms with van der Waals surface area (Å²) in [7, 11) is 0. The van der Waals surface area contributed by atoms with Crippen molar-refractivity contribution >= 4 is 28.6 Å². The van der Waals surface area contributed by atoms with Crippen molar-refractivity contribution in [3.63, 3.8) is 0 Å². The zero-order chi connectivity index (χ0) is 11.6. The topological polar surface area (TPSA) is 34.1 Å². The fraction of sp³-hybridized carbons (Fsp3) is 0.545. The standard InChI is InChI=1S/C11H17BrN2OS/c12-10-3-4-11(14-9-10)15-7-2-1-5-13-6-8-16/h3-4,9,13,16H,1-2,5-8H2.